The number of nitrogens with one attached hydrogen (secondary N) is 1. The van der Waals surface area contributed by atoms with Crippen LogP contribution in [0.1, 0.15) is 12.7 Å². The fourth-order valence-corrected chi connectivity index (χ4v) is 2.19. The summed E-state index contributed by atoms with van der Waals surface area (Å²) < 4.78 is 5.24. The van der Waals surface area contributed by atoms with Gasteiger partial charge in [0.25, 0.3) is 0 Å². The van der Waals surface area contributed by atoms with E-state index in [2.05, 4.69) is 17.1 Å². The molecule has 1 saturated heterocycles. The molecular weight excluding hydrogens is 230 g/mol. The van der Waals surface area contributed by atoms with Crippen molar-refractivity contribution in [2.75, 3.05) is 33.2 Å². The third kappa shape index (κ3) is 3.58. The SMILES string of the molecule is CC1CN(CC(=O)N(C)Cc2ccco2)CCN1. The standard InChI is InChI=1S/C13H21N3O2/c1-11-8-16(6-5-14-11)10-13(17)15(2)9-12-4-3-7-18-12/h3-4,7,11,14H,5-6,8-10H2,1-2H3. The van der Waals surface area contributed by atoms with Crippen LogP contribution in [0.25, 0.3) is 0 Å². The normalized spacial score (nSPS) is 20.9. The highest BCUT2D eigenvalue weighted by Gasteiger charge is 2.20. The van der Waals surface area contributed by atoms with E-state index in [1.54, 1.807) is 11.2 Å². The van der Waals surface area contributed by atoms with Crippen LogP contribution in [0.4, 0.5) is 0 Å². The molecule has 1 aliphatic heterocycles. The average Bonchev–Trinajstić information content (AvgIpc) is 2.81. The summed E-state index contributed by atoms with van der Waals surface area (Å²) in [5.74, 6) is 0.958. The molecular formula is C13H21N3O2. The Labute approximate surface area is 108 Å². The molecule has 1 fully saturated rings. The van der Waals surface area contributed by atoms with E-state index in [-0.39, 0.29) is 5.91 Å². The second kappa shape index (κ2) is 6.02. The molecule has 2 heterocycles. The summed E-state index contributed by atoms with van der Waals surface area (Å²) in [5, 5.41) is 3.37. The van der Waals surface area contributed by atoms with Crippen LogP contribution in [0.2, 0.25) is 0 Å². The maximum absolute atomic E-state index is 12.1. The molecule has 0 bridgehead atoms. The quantitative estimate of drug-likeness (QED) is 0.848. The number of furan rings is 1. The maximum atomic E-state index is 12.1. The van der Waals surface area contributed by atoms with Gasteiger partial charge in [0.15, 0.2) is 0 Å². The molecule has 0 aliphatic carbocycles. The van der Waals surface area contributed by atoms with E-state index < -0.39 is 0 Å². The summed E-state index contributed by atoms with van der Waals surface area (Å²) in [7, 11) is 1.82. The van der Waals surface area contributed by atoms with Gasteiger partial charge in [-0.25, -0.2) is 0 Å². The van der Waals surface area contributed by atoms with Gasteiger partial charge in [0.05, 0.1) is 19.4 Å². The maximum Gasteiger partial charge on any atom is 0.236 e. The van der Waals surface area contributed by atoms with Crippen LogP contribution in [-0.2, 0) is 11.3 Å². The van der Waals surface area contributed by atoms with Crippen molar-refractivity contribution in [2.45, 2.75) is 19.5 Å². The number of rotatable bonds is 4. The Hall–Kier alpha value is -1.33. The fraction of sp³-hybridized carbons (Fsp3) is 0.615. The highest BCUT2D eigenvalue weighted by molar-refractivity contribution is 5.77. The molecule has 0 radical (unpaired) electrons. The molecule has 1 unspecified atom stereocenters. The third-order valence-electron chi connectivity index (χ3n) is 3.21. The van der Waals surface area contributed by atoms with Crippen LogP contribution in [0.5, 0.6) is 0 Å². The van der Waals surface area contributed by atoms with Gasteiger partial charge in [0.1, 0.15) is 5.76 Å². The van der Waals surface area contributed by atoms with Gasteiger partial charge >= 0.3 is 0 Å². The van der Waals surface area contributed by atoms with Gasteiger partial charge in [-0.05, 0) is 19.1 Å². The summed E-state index contributed by atoms with van der Waals surface area (Å²) in [5.41, 5.74) is 0. The average molecular weight is 251 g/mol. The molecule has 0 aromatic carbocycles. The van der Waals surface area contributed by atoms with E-state index in [4.69, 9.17) is 4.42 Å². The summed E-state index contributed by atoms with van der Waals surface area (Å²) in [6, 6.07) is 4.18. The molecule has 1 N–H and O–H groups in total. The van der Waals surface area contributed by atoms with Crippen molar-refractivity contribution in [3.63, 3.8) is 0 Å². The summed E-state index contributed by atoms with van der Waals surface area (Å²) in [6.45, 7) is 5.99. The predicted octanol–water partition coefficient (Wildman–Crippen LogP) is 0.532. The van der Waals surface area contributed by atoms with Crippen molar-refractivity contribution >= 4 is 5.91 Å². The fourth-order valence-electron chi connectivity index (χ4n) is 2.19. The summed E-state index contributed by atoms with van der Waals surface area (Å²) in [4.78, 5) is 16.0. The number of nitrogens with zero attached hydrogens (tertiary/aromatic N) is 2. The van der Waals surface area contributed by atoms with Gasteiger partial charge in [0, 0.05) is 32.7 Å². The number of carbonyl (C=O) groups excluding carboxylic acids is 1. The van der Waals surface area contributed by atoms with E-state index in [0.29, 0.717) is 19.1 Å². The largest absolute Gasteiger partial charge is 0.467 e. The Bertz CT molecular complexity index is 378. The van der Waals surface area contributed by atoms with Crippen LogP contribution >= 0.6 is 0 Å². The van der Waals surface area contributed by atoms with Gasteiger partial charge in [-0.1, -0.05) is 0 Å². The Morgan fingerprint density at radius 1 is 1.67 bits per heavy atom. The monoisotopic (exact) mass is 251 g/mol. The number of piperazine rings is 1. The van der Waals surface area contributed by atoms with Gasteiger partial charge < -0.3 is 14.6 Å². The van der Waals surface area contributed by atoms with E-state index in [1.807, 2.05) is 19.2 Å². The first-order chi connectivity index (χ1) is 8.65. The molecule has 1 amide bonds. The van der Waals surface area contributed by atoms with Crippen LogP contribution in [0, 0.1) is 0 Å². The number of amides is 1. The predicted molar refractivity (Wildman–Crippen MR) is 69.1 cm³/mol. The Kier molecular flexibility index (Phi) is 4.38. The number of carbonyl (C=O) groups is 1. The molecule has 18 heavy (non-hydrogen) atoms. The number of likely N-dealkylation sites (N-methyl/N-ethyl adjacent to an activating group) is 1. The van der Waals surface area contributed by atoms with Crippen molar-refractivity contribution < 1.29 is 9.21 Å². The first-order valence-corrected chi connectivity index (χ1v) is 6.37. The molecule has 1 aromatic heterocycles. The molecule has 1 atom stereocenters. The van der Waals surface area contributed by atoms with Crippen molar-refractivity contribution in [1.29, 1.82) is 0 Å². The van der Waals surface area contributed by atoms with E-state index >= 15 is 0 Å². The zero-order chi connectivity index (χ0) is 13.0. The second-order valence-electron chi connectivity index (χ2n) is 4.92. The van der Waals surface area contributed by atoms with Crippen LogP contribution in [-0.4, -0.2) is 55.0 Å². The highest BCUT2D eigenvalue weighted by atomic mass is 16.3. The van der Waals surface area contributed by atoms with E-state index in [9.17, 15) is 4.79 Å². The molecule has 0 spiro atoms. The van der Waals surface area contributed by atoms with E-state index in [0.717, 1.165) is 25.4 Å². The van der Waals surface area contributed by atoms with Crippen molar-refractivity contribution in [3.8, 4) is 0 Å². The lowest BCUT2D eigenvalue weighted by Gasteiger charge is -2.32. The molecule has 1 aliphatic rings. The highest BCUT2D eigenvalue weighted by Crippen LogP contribution is 2.05. The van der Waals surface area contributed by atoms with Crippen LogP contribution in [0.15, 0.2) is 22.8 Å². The lowest BCUT2D eigenvalue weighted by atomic mass is 10.2. The van der Waals surface area contributed by atoms with Gasteiger partial charge in [-0.15, -0.1) is 0 Å². The molecule has 100 valence electrons. The first-order valence-electron chi connectivity index (χ1n) is 6.37. The lowest BCUT2D eigenvalue weighted by molar-refractivity contribution is -0.132. The Morgan fingerprint density at radius 3 is 3.17 bits per heavy atom. The molecule has 5 nitrogen and oxygen atoms in total. The van der Waals surface area contributed by atoms with Crippen molar-refractivity contribution in [3.05, 3.63) is 24.2 Å². The minimum atomic E-state index is 0.139. The lowest BCUT2D eigenvalue weighted by Crippen LogP contribution is -2.51. The first kappa shape index (κ1) is 13.1. The summed E-state index contributed by atoms with van der Waals surface area (Å²) in [6.07, 6.45) is 1.63. The zero-order valence-electron chi connectivity index (χ0n) is 11.1. The molecule has 5 heteroatoms. The topological polar surface area (TPSA) is 48.7 Å². The molecule has 1 aromatic rings. The van der Waals surface area contributed by atoms with Gasteiger partial charge in [-0.2, -0.15) is 0 Å². The minimum absolute atomic E-state index is 0.139. The number of hydrogen-bond donors (Lipinski definition) is 1. The molecule has 2 rings (SSSR count). The Balaban J connectivity index is 1.79. The van der Waals surface area contributed by atoms with Crippen LogP contribution in [0.3, 0.4) is 0 Å². The summed E-state index contributed by atoms with van der Waals surface area (Å²) >= 11 is 0. The van der Waals surface area contributed by atoms with Crippen molar-refractivity contribution in [1.82, 2.24) is 15.1 Å². The van der Waals surface area contributed by atoms with E-state index in [1.165, 1.54) is 0 Å². The third-order valence-corrected chi connectivity index (χ3v) is 3.21. The Morgan fingerprint density at radius 2 is 2.50 bits per heavy atom. The number of hydrogen-bond acceptors (Lipinski definition) is 4. The van der Waals surface area contributed by atoms with Crippen molar-refractivity contribution in [2.24, 2.45) is 0 Å². The second-order valence-corrected chi connectivity index (χ2v) is 4.92. The molecule has 0 saturated carbocycles. The van der Waals surface area contributed by atoms with Gasteiger partial charge in [0.2, 0.25) is 5.91 Å². The minimum Gasteiger partial charge on any atom is -0.467 e. The zero-order valence-corrected chi connectivity index (χ0v) is 11.1. The van der Waals surface area contributed by atoms with Gasteiger partial charge in [-0.3, -0.25) is 9.69 Å². The van der Waals surface area contributed by atoms with Crippen LogP contribution < -0.4 is 5.32 Å². The smallest absolute Gasteiger partial charge is 0.236 e.